The van der Waals surface area contributed by atoms with E-state index in [1.807, 2.05) is 0 Å². The van der Waals surface area contributed by atoms with E-state index in [9.17, 15) is 13.6 Å². The molecule has 1 unspecified atom stereocenters. The van der Waals surface area contributed by atoms with Gasteiger partial charge in [-0.05, 0) is 25.2 Å². The molecular formula is C12H14ClF2NO2. The van der Waals surface area contributed by atoms with E-state index in [2.05, 4.69) is 0 Å². The van der Waals surface area contributed by atoms with Crippen molar-refractivity contribution in [2.24, 2.45) is 0 Å². The number of halogens is 3. The lowest BCUT2D eigenvalue weighted by molar-refractivity contribution is -0.137. The molecule has 100 valence electrons. The molecule has 1 rings (SSSR count). The van der Waals surface area contributed by atoms with Crippen molar-refractivity contribution in [2.75, 3.05) is 20.1 Å². The summed E-state index contributed by atoms with van der Waals surface area (Å²) in [7, 11) is 1.68. The Kier molecular flexibility index (Phi) is 5.50. The van der Waals surface area contributed by atoms with Gasteiger partial charge in [0.15, 0.2) is 0 Å². The largest absolute Gasteiger partial charge is 0.481 e. The van der Waals surface area contributed by atoms with Gasteiger partial charge in [0.2, 0.25) is 0 Å². The molecule has 0 aliphatic heterocycles. The molecule has 18 heavy (non-hydrogen) atoms. The molecule has 0 saturated heterocycles. The van der Waals surface area contributed by atoms with Gasteiger partial charge in [0.05, 0.1) is 11.8 Å². The quantitative estimate of drug-likeness (QED) is 0.813. The van der Waals surface area contributed by atoms with Gasteiger partial charge < -0.3 is 10.0 Å². The zero-order valence-electron chi connectivity index (χ0n) is 9.87. The number of carbonyl (C=O) groups is 1. The maximum absolute atomic E-state index is 13.4. The van der Waals surface area contributed by atoms with Crippen LogP contribution < -0.4 is 0 Å². The number of hydrogen-bond donors (Lipinski definition) is 1. The summed E-state index contributed by atoms with van der Waals surface area (Å²) in [6, 6.07) is 3.10. The molecule has 0 radical (unpaired) electrons. The summed E-state index contributed by atoms with van der Waals surface area (Å²) >= 11 is 6.00. The van der Waals surface area contributed by atoms with Crippen LogP contribution in [0.4, 0.5) is 8.78 Å². The third-order valence-corrected chi connectivity index (χ3v) is 2.85. The van der Waals surface area contributed by atoms with E-state index in [1.165, 1.54) is 0 Å². The van der Waals surface area contributed by atoms with Gasteiger partial charge in [-0.2, -0.15) is 0 Å². The molecule has 1 aromatic rings. The molecule has 0 spiro atoms. The van der Waals surface area contributed by atoms with Crippen molar-refractivity contribution in [1.29, 1.82) is 0 Å². The predicted molar refractivity (Wildman–Crippen MR) is 64.7 cm³/mol. The van der Waals surface area contributed by atoms with Crippen molar-refractivity contribution in [3.8, 4) is 0 Å². The fourth-order valence-electron chi connectivity index (χ4n) is 1.50. The molecule has 6 heteroatoms. The molecule has 1 atom stereocenters. The Morgan fingerprint density at radius 1 is 1.50 bits per heavy atom. The Labute approximate surface area is 109 Å². The molecule has 3 nitrogen and oxygen atoms in total. The van der Waals surface area contributed by atoms with E-state index in [0.717, 1.165) is 18.2 Å². The average molecular weight is 278 g/mol. The zero-order chi connectivity index (χ0) is 13.7. The number of aliphatic carboxylic acids is 1. The van der Waals surface area contributed by atoms with E-state index >= 15 is 0 Å². The Balaban J connectivity index is 2.61. The van der Waals surface area contributed by atoms with Crippen LogP contribution in [0.2, 0.25) is 0 Å². The van der Waals surface area contributed by atoms with Gasteiger partial charge in [-0.15, -0.1) is 11.6 Å². The molecule has 0 aromatic heterocycles. The van der Waals surface area contributed by atoms with Crippen LogP contribution >= 0.6 is 11.6 Å². The minimum atomic E-state index is -0.912. The van der Waals surface area contributed by atoms with Crippen molar-refractivity contribution in [2.45, 2.75) is 11.8 Å². The van der Waals surface area contributed by atoms with Crippen LogP contribution in [-0.4, -0.2) is 36.1 Å². The maximum Gasteiger partial charge on any atom is 0.304 e. The number of carboxylic acids is 1. The number of likely N-dealkylation sites (N-methyl/N-ethyl adjacent to an activating group) is 1. The normalized spacial score (nSPS) is 12.7. The minimum absolute atomic E-state index is 0.0221. The molecular weight excluding hydrogens is 264 g/mol. The van der Waals surface area contributed by atoms with Crippen LogP contribution in [0.15, 0.2) is 18.2 Å². The summed E-state index contributed by atoms with van der Waals surface area (Å²) in [5.41, 5.74) is 0.0823. The second kappa shape index (κ2) is 6.66. The van der Waals surface area contributed by atoms with Crippen LogP contribution in [0, 0.1) is 11.6 Å². The molecule has 0 bridgehead atoms. The third kappa shape index (κ3) is 4.58. The first kappa shape index (κ1) is 14.9. The fraction of sp³-hybridized carbons (Fsp3) is 0.417. The van der Waals surface area contributed by atoms with Crippen molar-refractivity contribution in [3.05, 3.63) is 35.4 Å². The minimum Gasteiger partial charge on any atom is -0.481 e. The van der Waals surface area contributed by atoms with Crippen molar-refractivity contribution in [3.63, 3.8) is 0 Å². The lowest BCUT2D eigenvalue weighted by atomic mass is 10.1. The van der Waals surface area contributed by atoms with Gasteiger partial charge in [0.1, 0.15) is 11.6 Å². The average Bonchev–Trinajstić information content (AvgIpc) is 2.29. The van der Waals surface area contributed by atoms with Gasteiger partial charge in [-0.3, -0.25) is 4.79 Å². The fourth-order valence-corrected chi connectivity index (χ4v) is 1.91. The molecule has 1 N–H and O–H groups in total. The first-order chi connectivity index (χ1) is 8.40. The molecule has 0 aliphatic carbocycles. The number of alkyl halides is 1. The summed E-state index contributed by atoms with van der Waals surface area (Å²) in [6.07, 6.45) is -0.0221. The lowest BCUT2D eigenvalue weighted by Gasteiger charge is -2.19. The number of nitrogens with zero attached hydrogens (tertiary/aromatic N) is 1. The summed E-state index contributed by atoms with van der Waals surface area (Å²) in [5, 5.41) is 7.80. The first-order valence-corrected chi connectivity index (χ1v) is 5.83. The third-order valence-electron chi connectivity index (χ3n) is 2.47. The molecule has 0 saturated carbocycles. The van der Waals surface area contributed by atoms with Crippen molar-refractivity contribution in [1.82, 2.24) is 4.90 Å². The second-order valence-corrected chi connectivity index (χ2v) is 4.57. The molecule has 0 fully saturated rings. The molecule has 0 amide bonds. The van der Waals surface area contributed by atoms with Crippen LogP contribution in [0.25, 0.3) is 0 Å². The smallest absolute Gasteiger partial charge is 0.304 e. The highest BCUT2D eigenvalue weighted by Gasteiger charge is 2.16. The van der Waals surface area contributed by atoms with Crippen molar-refractivity contribution >= 4 is 17.6 Å². The van der Waals surface area contributed by atoms with Gasteiger partial charge >= 0.3 is 5.97 Å². The summed E-state index contributed by atoms with van der Waals surface area (Å²) < 4.78 is 26.4. The van der Waals surface area contributed by atoms with Crippen LogP contribution in [0.3, 0.4) is 0 Å². The lowest BCUT2D eigenvalue weighted by Crippen LogP contribution is -2.25. The van der Waals surface area contributed by atoms with Crippen LogP contribution in [0.1, 0.15) is 17.4 Å². The Bertz CT molecular complexity index is 429. The first-order valence-electron chi connectivity index (χ1n) is 5.39. The number of rotatable bonds is 6. The SMILES string of the molecule is CN(CCC(=O)O)CC(Cl)c1cc(F)ccc1F. The standard InChI is InChI=1S/C12H14ClF2NO2/c1-16(5-4-12(17)18)7-10(13)9-6-8(14)2-3-11(9)15/h2-3,6,10H,4-5,7H2,1H3,(H,17,18). The van der Waals surface area contributed by atoms with Crippen LogP contribution in [-0.2, 0) is 4.79 Å². The number of benzene rings is 1. The monoisotopic (exact) mass is 277 g/mol. The second-order valence-electron chi connectivity index (χ2n) is 4.04. The maximum atomic E-state index is 13.4. The van der Waals surface area contributed by atoms with E-state index < -0.39 is 23.0 Å². The van der Waals surface area contributed by atoms with Gasteiger partial charge in [-0.1, -0.05) is 0 Å². The van der Waals surface area contributed by atoms with Crippen molar-refractivity contribution < 1.29 is 18.7 Å². The summed E-state index contributed by atoms with van der Waals surface area (Å²) in [6.45, 7) is 0.546. The molecule has 1 aromatic carbocycles. The number of hydrogen-bond acceptors (Lipinski definition) is 2. The van der Waals surface area contributed by atoms with E-state index in [4.69, 9.17) is 16.7 Å². The zero-order valence-corrected chi connectivity index (χ0v) is 10.6. The Hall–Kier alpha value is -1.20. The number of carboxylic acid groups (broad SMARTS) is 1. The highest BCUT2D eigenvalue weighted by molar-refractivity contribution is 6.21. The van der Waals surface area contributed by atoms with E-state index in [0.29, 0.717) is 6.54 Å². The highest BCUT2D eigenvalue weighted by atomic mass is 35.5. The predicted octanol–water partition coefficient (Wildman–Crippen LogP) is 2.65. The Morgan fingerprint density at radius 3 is 2.78 bits per heavy atom. The molecule has 0 heterocycles. The van der Waals surface area contributed by atoms with E-state index in [1.54, 1.807) is 11.9 Å². The van der Waals surface area contributed by atoms with Gasteiger partial charge in [-0.25, -0.2) is 8.78 Å². The molecule has 0 aliphatic rings. The van der Waals surface area contributed by atoms with Crippen LogP contribution in [0.5, 0.6) is 0 Å². The Morgan fingerprint density at radius 2 is 2.17 bits per heavy atom. The topological polar surface area (TPSA) is 40.5 Å². The van der Waals surface area contributed by atoms with Gasteiger partial charge in [0.25, 0.3) is 0 Å². The van der Waals surface area contributed by atoms with Gasteiger partial charge in [0, 0.05) is 18.7 Å². The summed E-state index contributed by atoms with van der Waals surface area (Å²) in [4.78, 5) is 12.1. The summed E-state index contributed by atoms with van der Waals surface area (Å²) in [5.74, 6) is -2.03. The van der Waals surface area contributed by atoms with E-state index in [-0.39, 0.29) is 18.5 Å². The highest BCUT2D eigenvalue weighted by Crippen LogP contribution is 2.24.